The zero-order valence-corrected chi connectivity index (χ0v) is 117. The highest BCUT2D eigenvalue weighted by Crippen LogP contribution is 3.40. The van der Waals surface area contributed by atoms with Gasteiger partial charge in [0.15, 0.2) is 0 Å². The molecule has 2 amide bonds. The number of hydrogen-bond donors (Lipinski definition) is 1. The molecule has 4 aromatic carbocycles. The van der Waals surface area contributed by atoms with Crippen molar-refractivity contribution in [2.75, 3.05) is 20.0 Å². The molecule has 0 bridgehead atoms. The molecule has 10 nitrogen and oxygen atoms in total. The average Bonchev–Trinajstić information content (AvgIpc) is 1.72. The number of benzene rings is 4. The first-order chi connectivity index (χ1) is 47.8. The zero-order chi connectivity index (χ0) is 78.8. The standard InChI is InChI=1S/C17H16N2O4.C17H18N2O2.H32P30.H31P29/c1-11-3-4-12(16(7-11)23-2)9-18-10-13-8-14(19(21)22)5-6-15(13)17(18)20;1-11-3-4-12(16(7-11)21-2)9-19-10-13-8-14(18)5-6-15(13)17(19)20;1-17(2)25(18(3)4)29(26(19(5)6)20(7)8)30(27(21(9)10)22(11)12)28(23(13)14)24(15)16;1-16-24(17(2)3)28(25(18(4)5)19(6)7)29(26(20(8)9)21(10)11)27(22(12)13)23(14)15/h3-8H,9-10H2,1-2H3;3-8H,9-10,18H2,1-2H3;1-16H2;16H,1-15H2. The Labute approximate surface area is 720 Å². The van der Waals surface area contributed by atoms with Crippen LogP contribution in [-0.2, 0) is 26.2 Å². The predicted octanol–water partition coefficient (Wildman–Crippen LogP) is 39.8. The molecule has 0 spiro atoms. The summed E-state index contributed by atoms with van der Waals surface area (Å²) < 4.78 is 10.8. The fourth-order valence-corrected chi connectivity index (χ4v) is 785. The highest BCUT2D eigenvalue weighted by molar-refractivity contribution is 9.46. The Morgan fingerprint density at radius 3 is 0.932 bits per heavy atom. The molecule has 34 unspecified atom stereocenters. The molecule has 0 aliphatic carbocycles. The van der Waals surface area contributed by atoms with Gasteiger partial charge in [0.2, 0.25) is 0 Å². The van der Waals surface area contributed by atoms with Crippen LogP contribution in [0.4, 0.5) is 11.4 Å². The number of nitrogen functional groups attached to an aromatic ring is 1. The third-order valence-electron chi connectivity index (χ3n) is 12.6. The zero-order valence-electron chi connectivity index (χ0n) is 55.6. The van der Waals surface area contributed by atoms with E-state index in [1.807, 2.05) is 61.2 Å². The second kappa shape index (κ2) is 61.1. The van der Waals surface area contributed by atoms with Crippen LogP contribution in [0, 0.1) is 24.0 Å². The molecule has 0 saturated carbocycles. The van der Waals surface area contributed by atoms with E-state index in [-0.39, 0.29) is 206 Å². The van der Waals surface area contributed by atoms with E-state index in [4.69, 9.17) is 15.2 Å². The maximum atomic E-state index is 12.5. The number of hydrogen-bond acceptors (Lipinski definition) is 7. The SMILES string of the molecule is COc1cc(C)ccc1CN1Cc2cc(N)ccc2C1=O.COc1cc(C)ccc1CN1Cc2cc([N+](=O)[O-])ccc2C1=O.PP(P)P(P(P)P)P(P(P(P)P)P(P)P)P(P(P(P)P)P(P)P)P(P(P)P)P(P)P.PPP(P(P)P)P(P(P(P)P)P(P)P)P(P(P(P)P)P(P)P)P(P(P)P)P(P)P. The number of nitro benzene ring substituents is 1. The summed E-state index contributed by atoms with van der Waals surface area (Å²) in [6.07, 6.45) is 0. The third-order valence-corrected chi connectivity index (χ3v) is 399. The van der Waals surface area contributed by atoms with Crippen molar-refractivity contribution in [2.24, 2.45) is 0 Å². The molecular formula is C34H97N4O6P59. The minimum Gasteiger partial charge on any atom is -0.496 e. The number of amides is 2. The molecule has 69 heteroatoms. The Kier molecular flexibility index (Phi) is 69.5. The summed E-state index contributed by atoms with van der Waals surface area (Å²) in [6, 6.07) is 21.7. The molecule has 6 rings (SSSR count). The third kappa shape index (κ3) is 38.4. The van der Waals surface area contributed by atoms with Crippen LogP contribution in [0.1, 0.15) is 54.1 Å². The van der Waals surface area contributed by atoms with E-state index in [0.29, 0.717) is 43.0 Å². The van der Waals surface area contributed by atoms with Gasteiger partial charge >= 0.3 is 0 Å². The first kappa shape index (κ1) is 117. The molecule has 4 aromatic rings. The fourth-order valence-electron chi connectivity index (χ4n) is 8.72. The van der Waals surface area contributed by atoms with E-state index in [0.717, 1.165) is 52.8 Å². The topological polar surface area (TPSA) is 128 Å². The monoisotopic (exact) mass is 2490 g/mol. The minimum atomic E-state index is -0.448. The second-order valence-electron chi connectivity index (χ2n) is 20.0. The number of anilines is 1. The van der Waals surface area contributed by atoms with Crippen LogP contribution in [0.5, 0.6) is 11.5 Å². The summed E-state index contributed by atoms with van der Waals surface area (Å²) in [4.78, 5) is 38.8. The first-order valence-electron chi connectivity index (χ1n) is 27.3. The quantitative estimate of drug-likeness (QED) is 0.0218. The maximum absolute atomic E-state index is 12.5. The Hall–Kier alpha value is 20.0. The maximum Gasteiger partial charge on any atom is 0.269 e. The number of nitro groups is 1. The molecule has 2 aliphatic rings. The van der Waals surface area contributed by atoms with E-state index < -0.39 is 4.92 Å². The van der Waals surface area contributed by atoms with E-state index in [1.54, 1.807) is 31.3 Å². The van der Waals surface area contributed by atoms with Crippen molar-refractivity contribution in [3.63, 3.8) is 0 Å². The molecular weight excluding hydrogens is 2390 g/mol. The lowest BCUT2D eigenvalue weighted by Crippen LogP contribution is -2.23. The molecule has 0 radical (unpaired) electrons. The Balaban J connectivity index is 0.000000359. The van der Waals surface area contributed by atoms with Crippen molar-refractivity contribution in [2.45, 2.75) is 40.0 Å². The molecule has 584 valence electrons. The fraction of sp³-hybridized carbons (Fsp3) is 0.235. The molecule has 0 fully saturated rings. The minimum absolute atomic E-state index is 0.00585. The van der Waals surface area contributed by atoms with Crippen LogP contribution in [0.25, 0.3) is 0 Å². The summed E-state index contributed by atoms with van der Waals surface area (Å²) in [6.45, 7) is 5.82. The normalized spacial score (nSPS) is 14.4. The summed E-state index contributed by atoms with van der Waals surface area (Å²) in [5, 5.41) is 10.9. The molecule has 103 heavy (non-hydrogen) atoms. The van der Waals surface area contributed by atoms with Gasteiger partial charge in [-0.25, -0.2) is 0 Å². The van der Waals surface area contributed by atoms with Crippen LogP contribution < -0.4 is 15.2 Å². The van der Waals surface area contributed by atoms with E-state index >= 15 is 0 Å². The van der Waals surface area contributed by atoms with Gasteiger partial charge in [0.1, 0.15) is 11.5 Å². The van der Waals surface area contributed by atoms with Crippen LogP contribution in [-0.4, -0.2) is 40.8 Å². The van der Waals surface area contributed by atoms with Gasteiger partial charge in [0.05, 0.1) is 19.1 Å². The van der Waals surface area contributed by atoms with Gasteiger partial charge in [0.25, 0.3) is 17.5 Å². The predicted molar refractivity (Wildman–Crippen MR) is 663 cm³/mol. The van der Waals surface area contributed by atoms with Gasteiger partial charge in [0, 0.05) is 66.3 Å². The van der Waals surface area contributed by atoms with Crippen molar-refractivity contribution in [1.82, 2.24) is 9.80 Å². The number of nitrogens with zero attached hydrogens (tertiary/aromatic N) is 3. The average molecular weight is 2490 g/mol. The van der Waals surface area contributed by atoms with Crippen molar-refractivity contribution >= 4 is 497 Å². The van der Waals surface area contributed by atoms with Crippen LogP contribution in [0.15, 0.2) is 72.8 Å². The number of ether oxygens (including phenoxy) is 2. The summed E-state index contributed by atoms with van der Waals surface area (Å²) in [5.41, 5.74) is 13.6. The lowest BCUT2D eigenvalue weighted by Gasteiger charge is -2.52. The van der Waals surface area contributed by atoms with Gasteiger partial charge in [-0.15, -0.1) is 277 Å². The summed E-state index contributed by atoms with van der Waals surface area (Å²) in [5.74, 6) is 1.49. The lowest BCUT2D eigenvalue weighted by molar-refractivity contribution is -0.384. The van der Waals surface area contributed by atoms with Gasteiger partial charge in [-0.3, -0.25) is 19.7 Å². The lowest BCUT2D eigenvalue weighted by atomic mass is 10.1. The number of aryl methyl sites for hydroxylation is 2. The molecule has 0 saturated heterocycles. The molecule has 2 aliphatic heterocycles. The van der Waals surface area contributed by atoms with Crippen molar-refractivity contribution < 1.29 is 24.0 Å². The molecule has 34 atom stereocenters. The van der Waals surface area contributed by atoms with Gasteiger partial charge in [-0.2, -0.15) is 0 Å². The smallest absolute Gasteiger partial charge is 0.269 e. The molecule has 2 N–H and O–H groups in total. The number of carbonyl (C=O) groups is 2. The van der Waals surface area contributed by atoms with Gasteiger partial charge in [-0.05, 0) is 261 Å². The number of nitrogens with two attached hydrogens (primary N) is 1. The largest absolute Gasteiger partial charge is 0.496 e. The van der Waals surface area contributed by atoms with Gasteiger partial charge in [-0.1, -0.05) is 32.2 Å². The second-order valence-corrected chi connectivity index (χ2v) is 256. The number of rotatable bonds is 33. The van der Waals surface area contributed by atoms with Crippen molar-refractivity contribution in [3.05, 3.63) is 127 Å². The molecule has 2 heterocycles. The van der Waals surface area contributed by atoms with E-state index in [1.165, 1.54) is 18.2 Å². The molecule has 0 aromatic heterocycles. The van der Waals surface area contributed by atoms with Crippen molar-refractivity contribution in [1.29, 1.82) is 0 Å². The van der Waals surface area contributed by atoms with Crippen LogP contribution >= 0.6 is 473 Å². The van der Waals surface area contributed by atoms with Crippen molar-refractivity contribution in [3.8, 4) is 11.5 Å². The van der Waals surface area contributed by atoms with E-state index in [9.17, 15) is 19.7 Å². The van der Waals surface area contributed by atoms with Crippen LogP contribution in [0.3, 0.4) is 0 Å². The summed E-state index contributed by atoms with van der Waals surface area (Å²) >= 11 is 0. The number of methoxy groups -OCH3 is 2. The number of fused-ring (bicyclic) bond motifs is 2. The highest BCUT2D eigenvalue weighted by atomic mass is 33.5. The van der Waals surface area contributed by atoms with E-state index in [2.05, 4.69) is 277 Å². The first-order valence-corrected chi connectivity index (χ1v) is 133. The van der Waals surface area contributed by atoms with Crippen LogP contribution in [0.2, 0.25) is 0 Å². The summed E-state index contributed by atoms with van der Waals surface area (Å²) in [7, 11) is 106. The van der Waals surface area contributed by atoms with Gasteiger partial charge < -0.3 is 25.0 Å². The number of carbonyl (C=O) groups excluding carboxylic acids is 2. The highest BCUT2D eigenvalue weighted by Gasteiger charge is 2.52. The number of non-ortho nitro benzene ring substituents is 1. The Morgan fingerprint density at radius 1 is 0.398 bits per heavy atom. The Morgan fingerprint density at radius 2 is 0.670 bits per heavy atom. The Bertz CT molecular complexity index is 3130.